The zero-order valence-corrected chi connectivity index (χ0v) is 10.7. The van der Waals surface area contributed by atoms with Gasteiger partial charge < -0.3 is 10.5 Å². The number of halogens is 2. The minimum atomic E-state index is -0.322. The first-order valence-electron chi connectivity index (χ1n) is 5.48. The average Bonchev–Trinajstić information content (AvgIpc) is 2.38. The summed E-state index contributed by atoms with van der Waals surface area (Å²) in [6, 6.07) is 10.2. The summed E-state index contributed by atoms with van der Waals surface area (Å²) in [4.78, 5) is 0. The van der Waals surface area contributed by atoms with Gasteiger partial charge in [0.2, 0.25) is 0 Å². The fraction of sp³-hybridized carbons (Fsp3) is 0.143. The Kier molecular flexibility index (Phi) is 3.84. The molecule has 0 saturated carbocycles. The first-order valence-corrected chi connectivity index (χ1v) is 5.86. The van der Waals surface area contributed by atoms with E-state index >= 15 is 0 Å². The first-order chi connectivity index (χ1) is 8.65. The van der Waals surface area contributed by atoms with Gasteiger partial charge in [-0.15, -0.1) is 0 Å². The molecule has 0 aromatic heterocycles. The van der Waals surface area contributed by atoms with Crippen molar-refractivity contribution in [1.29, 1.82) is 0 Å². The summed E-state index contributed by atoms with van der Waals surface area (Å²) in [6.45, 7) is 0.179. The number of ether oxygens (including phenoxy) is 1. The number of nitrogens with two attached hydrogens (primary N) is 1. The van der Waals surface area contributed by atoms with E-state index in [-0.39, 0.29) is 12.4 Å². The highest BCUT2D eigenvalue weighted by atomic mass is 35.5. The summed E-state index contributed by atoms with van der Waals surface area (Å²) in [5, 5.41) is 0.578. The lowest BCUT2D eigenvalue weighted by Gasteiger charge is -2.10. The van der Waals surface area contributed by atoms with Gasteiger partial charge in [0.1, 0.15) is 11.6 Å². The summed E-state index contributed by atoms with van der Waals surface area (Å²) >= 11 is 5.95. The Bertz CT molecular complexity index is 572. The molecular formula is C14H13ClFNO. The van der Waals surface area contributed by atoms with Crippen LogP contribution < -0.4 is 10.5 Å². The van der Waals surface area contributed by atoms with E-state index in [0.717, 1.165) is 5.56 Å². The van der Waals surface area contributed by atoms with Gasteiger partial charge in [0.05, 0.1) is 7.11 Å². The predicted molar refractivity (Wildman–Crippen MR) is 71.3 cm³/mol. The van der Waals surface area contributed by atoms with Gasteiger partial charge in [-0.2, -0.15) is 0 Å². The van der Waals surface area contributed by atoms with Crippen molar-refractivity contribution in [2.24, 2.45) is 5.73 Å². The van der Waals surface area contributed by atoms with Gasteiger partial charge in [0.15, 0.2) is 0 Å². The van der Waals surface area contributed by atoms with Gasteiger partial charge in [-0.3, -0.25) is 0 Å². The smallest absolute Gasteiger partial charge is 0.128 e. The molecule has 94 valence electrons. The molecule has 4 heteroatoms. The highest BCUT2D eigenvalue weighted by molar-refractivity contribution is 6.31. The molecule has 2 aromatic rings. The third kappa shape index (κ3) is 2.47. The van der Waals surface area contributed by atoms with Crippen molar-refractivity contribution >= 4 is 11.6 Å². The minimum absolute atomic E-state index is 0.179. The lowest BCUT2D eigenvalue weighted by molar-refractivity contribution is 0.416. The summed E-state index contributed by atoms with van der Waals surface area (Å²) < 4.78 is 19.0. The van der Waals surface area contributed by atoms with Gasteiger partial charge in [0.25, 0.3) is 0 Å². The van der Waals surface area contributed by atoms with Crippen LogP contribution in [0.5, 0.6) is 5.75 Å². The molecule has 2 rings (SSSR count). The van der Waals surface area contributed by atoms with Gasteiger partial charge in [-0.25, -0.2) is 4.39 Å². The summed E-state index contributed by atoms with van der Waals surface area (Å²) in [7, 11) is 1.57. The summed E-state index contributed by atoms with van der Waals surface area (Å²) in [5.74, 6) is 0.330. The van der Waals surface area contributed by atoms with Crippen LogP contribution in [0.2, 0.25) is 5.02 Å². The Morgan fingerprint density at radius 2 is 2.00 bits per heavy atom. The average molecular weight is 266 g/mol. The second kappa shape index (κ2) is 5.38. The third-order valence-electron chi connectivity index (χ3n) is 2.75. The van der Waals surface area contributed by atoms with E-state index in [1.165, 1.54) is 6.07 Å². The standard InChI is InChI=1S/C14H13ClFNO/c1-18-14-5-4-11(15)7-12(14)9-2-3-10(8-17)13(16)6-9/h2-7H,8,17H2,1H3. The molecule has 2 nitrogen and oxygen atoms in total. The van der Waals surface area contributed by atoms with Gasteiger partial charge in [-0.05, 0) is 29.8 Å². The van der Waals surface area contributed by atoms with E-state index in [0.29, 0.717) is 21.9 Å². The molecule has 0 saturated heterocycles. The largest absolute Gasteiger partial charge is 0.496 e. The molecule has 0 amide bonds. The Labute approximate surface area is 110 Å². The van der Waals surface area contributed by atoms with Crippen LogP contribution in [-0.2, 0) is 6.54 Å². The predicted octanol–water partition coefficient (Wildman–Crippen LogP) is 3.61. The highest BCUT2D eigenvalue weighted by Gasteiger charge is 2.09. The second-order valence-corrected chi connectivity index (χ2v) is 4.29. The maximum Gasteiger partial charge on any atom is 0.128 e. The maximum absolute atomic E-state index is 13.7. The zero-order valence-electron chi connectivity index (χ0n) is 9.91. The van der Waals surface area contributed by atoms with Crippen LogP contribution >= 0.6 is 11.6 Å². The molecule has 2 N–H and O–H groups in total. The molecule has 0 fully saturated rings. The Hall–Kier alpha value is -1.58. The molecule has 0 aliphatic carbocycles. The second-order valence-electron chi connectivity index (χ2n) is 3.85. The van der Waals surface area contributed by atoms with Gasteiger partial charge >= 0.3 is 0 Å². The summed E-state index contributed by atoms with van der Waals surface area (Å²) in [5.41, 5.74) is 7.39. The molecule has 0 atom stereocenters. The van der Waals surface area contributed by atoms with Crippen LogP contribution in [0.15, 0.2) is 36.4 Å². The fourth-order valence-corrected chi connectivity index (χ4v) is 1.96. The number of methoxy groups -OCH3 is 1. The SMILES string of the molecule is COc1ccc(Cl)cc1-c1ccc(CN)c(F)c1. The van der Waals surface area contributed by atoms with Crippen molar-refractivity contribution in [3.05, 3.63) is 52.8 Å². The molecule has 18 heavy (non-hydrogen) atoms. The van der Waals surface area contributed by atoms with Crippen LogP contribution in [0.25, 0.3) is 11.1 Å². The van der Waals surface area contributed by atoms with Crippen molar-refractivity contribution < 1.29 is 9.13 Å². The van der Waals surface area contributed by atoms with Crippen molar-refractivity contribution in [2.45, 2.75) is 6.54 Å². The molecule has 0 aliphatic heterocycles. The van der Waals surface area contributed by atoms with Crippen molar-refractivity contribution in [2.75, 3.05) is 7.11 Å². The molecule has 0 radical (unpaired) electrons. The van der Waals surface area contributed by atoms with Crippen molar-refractivity contribution in [1.82, 2.24) is 0 Å². The van der Waals surface area contributed by atoms with E-state index < -0.39 is 0 Å². The fourth-order valence-electron chi connectivity index (χ4n) is 1.79. The molecule has 0 spiro atoms. The minimum Gasteiger partial charge on any atom is -0.496 e. The zero-order chi connectivity index (χ0) is 13.1. The quantitative estimate of drug-likeness (QED) is 0.920. The van der Waals surface area contributed by atoms with Crippen molar-refractivity contribution in [3.8, 4) is 16.9 Å². The van der Waals surface area contributed by atoms with Crippen molar-refractivity contribution in [3.63, 3.8) is 0 Å². The lowest BCUT2D eigenvalue weighted by atomic mass is 10.0. The number of benzene rings is 2. The van der Waals surface area contributed by atoms with Crippen LogP contribution in [0, 0.1) is 5.82 Å². The monoisotopic (exact) mass is 265 g/mol. The van der Waals surface area contributed by atoms with E-state index in [9.17, 15) is 4.39 Å². The topological polar surface area (TPSA) is 35.2 Å². The number of rotatable bonds is 3. The molecule has 0 aliphatic rings. The van der Waals surface area contributed by atoms with Gasteiger partial charge in [-0.1, -0.05) is 23.7 Å². The molecule has 0 unspecified atom stereocenters. The molecule has 0 heterocycles. The Morgan fingerprint density at radius 1 is 1.22 bits per heavy atom. The Balaban J connectivity index is 2.54. The summed E-state index contributed by atoms with van der Waals surface area (Å²) in [6.07, 6.45) is 0. The van der Waals surface area contributed by atoms with Crippen LogP contribution in [-0.4, -0.2) is 7.11 Å². The van der Waals surface area contributed by atoms with Gasteiger partial charge in [0, 0.05) is 22.7 Å². The maximum atomic E-state index is 13.7. The Morgan fingerprint density at radius 3 is 2.61 bits per heavy atom. The number of hydrogen-bond acceptors (Lipinski definition) is 2. The van der Waals surface area contributed by atoms with E-state index in [2.05, 4.69) is 0 Å². The van der Waals surface area contributed by atoms with E-state index in [4.69, 9.17) is 22.1 Å². The van der Waals surface area contributed by atoms with Crippen LogP contribution in [0.1, 0.15) is 5.56 Å². The van der Waals surface area contributed by atoms with Crippen LogP contribution in [0.4, 0.5) is 4.39 Å². The van der Waals surface area contributed by atoms with Crippen LogP contribution in [0.3, 0.4) is 0 Å². The molecular weight excluding hydrogens is 253 g/mol. The molecule has 2 aromatic carbocycles. The first kappa shape index (κ1) is 12.9. The van der Waals surface area contributed by atoms with E-state index in [1.807, 2.05) is 0 Å². The normalized spacial score (nSPS) is 10.4. The third-order valence-corrected chi connectivity index (χ3v) is 2.98. The highest BCUT2D eigenvalue weighted by Crippen LogP contribution is 2.33. The molecule has 0 bridgehead atoms. The van der Waals surface area contributed by atoms with E-state index in [1.54, 1.807) is 37.4 Å². The lowest BCUT2D eigenvalue weighted by Crippen LogP contribution is -1.99. The number of hydrogen-bond donors (Lipinski definition) is 1.